The van der Waals surface area contributed by atoms with Gasteiger partial charge in [-0.15, -0.1) is 0 Å². The van der Waals surface area contributed by atoms with Crippen molar-refractivity contribution in [2.75, 3.05) is 0 Å². The van der Waals surface area contributed by atoms with E-state index >= 15 is 0 Å². The molecule has 0 aromatic rings. The number of fused-ring (bicyclic) bond motifs is 1. The van der Waals surface area contributed by atoms with Gasteiger partial charge in [-0.05, 0) is 81.3 Å². The molecule has 0 amide bonds. The molecule has 4 nitrogen and oxygen atoms in total. The van der Waals surface area contributed by atoms with Gasteiger partial charge in [-0.25, -0.2) is 0 Å². The lowest BCUT2D eigenvalue weighted by atomic mass is 9.63. The van der Waals surface area contributed by atoms with Crippen molar-refractivity contribution in [1.29, 1.82) is 0 Å². The summed E-state index contributed by atoms with van der Waals surface area (Å²) in [5.41, 5.74) is 5.04. The number of hydrogen-bond donors (Lipinski definition) is 0. The highest BCUT2D eigenvalue weighted by molar-refractivity contribution is 5.67. The van der Waals surface area contributed by atoms with Gasteiger partial charge in [-0.3, -0.25) is 9.59 Å². The number of allylic oxidation sites excluding steroid dienone is 7. The maximum atomic E-state index is 11.4. The molecule has 0 unspecified atom stereocenters. The molecule has 0 heterocycles. The maximum Gasteiger partial charge on any atom is 0.304 e. The van der Waals surface area contributed by atoms with Crippen LogP contribution in [0.5, 0.6) is 0 Å². The fraction of sp³-hybridized carbons (Fsp3) is 0.613. The monoisotopic (exact) mass is 478 g/mol. The lowest BCUT2D eigenvalue weighted by molar-refractivity contribution is -0.149. The van der Waals surface area contributed by atoms with Crippen molar-refractivity contribution in [3.63, 3.8) is 0 Å². The van der Waals surface area contributed by atoms with Crippen LogP contribution in [0.3, 0.4) is 0 Å². The van der Waals surface area contributed by atoms with Crippen LogP contribution < -0.4 is 0 Å². The van der Waals surface area contributed by atoms with Crippen LogP contribution in [0.25, 0.3) is 0 Å². The van der Waals surface area contributed by atoms with Crippen molar-refractivity contribution in [1.82, 2.24) is 0 Å². The van der Waals surface area contributed by atoms with Crippen molar-refractivity contribution >= 4 is 11.9 Å². The van der Waals surface area contributed by atoms with E-state index < -0.39 is 5.60 Å². The molecule has 0 N–H and O–H groups in total. The SMILES string of the molecule is CC(=O)O[C@H]1CCC(C)=C(/C=C/C2=CCC[C@]3(C)C([C@H](C)CC#CC(C)(C)OC(C)=O)=CC[C@@H]23)C1. The summed E-state index contributed by atoms with van der Waals surface area (Å²) < 4.78 is 10.8. The Labute approximate surface area is 211 Å². The Balaban J connectivity index is 1.68. The first kappa shape index (κ1) is 27.1. The van der Waals surface area contributed by atoms with E-state index in [1.165, 1.54) is 36.1 Å². The van der Waals surface area contributed by atoms with E-state index in [4.69, 9.17) is 9.47 Å². The zero-order chi connectivity index (χ0) is 25.8. The molecule has 3 rings (SSSR count). The summed E-state index contributed by atoms with van der Waals surface area (Å²) in [6, 6.07) is 0. The van der Waals surface area contributed by atoms with Crippen LogP contribution >= 0.6 is 0 Å². The van der Waals surface area contributed by atoms with Crippen LogP contribution in [0.1, 0.15) is 93.4 Å². The zero-order valence-electron chi connectivity index (χ0n) is 22.6. The van der Waals surface area contributed by atoms with Gasteiger partial charge in [0.25, 0.3) is 0 Å². The zero-order valence-corrected chi connectivity index (χ0v) is 22.6. The number of ether oxygens (including phenoxy) is 2. The van der Waals surface area contributed by atoms with Gasteiger partial charge in [0.15, 0.2) is 5.60 Å². The number of esters is 2. The molecule has 3 aliphatic rings. The summed E-state index contributed by atoms with van der Waals surface area (Å²) in [7, 11) is 0. The third-order valence-electron chi connectivity index (χ3n) is 7.82. The Morgan fingerprint density at radius 1 is 1.23 bits per heavy atom. The molecule has 0 saturated heterocycles. The quantitative estimate of drug-likeness (QED) is 0.234. The van der Waals surface area contributed by atoms with Crippen molar-refractivity contribution in [2.45, 2.75) is 105 Å². The van der Waals surface area contributed by atoms with E-state index in [1.54, 1.807) is 0 Å². The molecule has 0 fully saturated rings. The van der Waals surface area contributed by atoms with Crippen molar-refractivity contribution < 1.29 is 19.1 Å². The molecule has 0 aliphatic heterocycles. The first-order valence-electron chi connectivity index (χ1n) is 13.1. The average molecular weight is 479 g/mol. The average Bonchev–Trinajstić information content (AvgIpc) is 3.10. The minimum absolute atomic E-state index is 0.00557. The minimum atomic E-state index is -0.756. The predicted octanol–water partition coefficient (Wildman–Crippen LogP) is 7.02. The molecule has 3 aliphatic carbocycles. The smallest absolute Gasteiger partial charge is 0.304 e. The fourth-order valence-electron chi connectivity index (χ4n) is 6.10. The van der Waals surface area contributed by atoms with Gasteiger partial charge in [0.05, 0.1) is 0 Å². The second-order valence-corrected chi connectivity index (χ2v) is 11.2. The number of carbonyl (C=O) groups excluding carboxylic acids is 2. The molecule has 4 atom stereocenters. The summed E-state index contributed by atoms with van der Waals surface area (Å²) >= 11 is 0. The lowest BCUT2D eigenvalue weighted by Gasteiger charge is -2.40. The Hall–Kier alpha value is -2.54. The van der Waals surface area contributed by atoms with Crippen molar-refractivity contribution in [3.8, 4) is 11.8 Å². The van der Waals surface area contributed by atoms with E-state index in [-0.39, 0.29) is 23.5 Å². The number of rotatable bonds is 6. The van der Waals surface area contributed by atoms with E-state index in [0.29, 0.717) is 11.8 Å². The molecule has 0 aromatic carbocycles. The molecule has 0 radical (unpaired) electrons. The summed E-state index contributed by atoms with van der Waals surface area (Å²) in [4.78, 5) is 22.7. The Kier molecular flexibility index (Phi) is 8.52. The van der Waals surface area contributed by atoms with E-state index in [1.807, 2.05) is 13.8 Å². The van der Waals surface area contributed by atoms with Crippen LogP contribution in [-0.4, -0.2) is 23.6 Å². The minimum Gasteiger partial charge on any atom is -0.462 e. The normalized spacial score (nSPS) is 27.4. The molecule has 4 heteroatoms. The van der Waals surface area contributed by atoms with Gasteiger partial charge in [0, 0.05) is 26.7 Å². The molecule has 0 aromatic heterocycles. The predicted molar refractivity (Wildman–Crippen MR) is 140 cm³/mol. The van der Waals surface area contributed by atoms with Gasteiger partial charge < -0.3 is 9.47 Å². The summed E-state index contributed by atoms with van der Waals surface area (Å²) in [5.74, 6) is 6.77. The molecule has 0 saturated carbocycles. The van der Waals surface area contributed by atoms with Crippen LogP contribution in [0.4, 0.5) is 0 Å². The van der Waals surface area contributed by atoms with Crippen LogP contribution in [0.15, 0.2) is 46.6 Å². The van der Waals surface area contributed by atoms with Gasteiger partial charge >= 0.3 is 11.9 Å². The second-order valence-electron chi connectivity index (χ2n) is 11.2. The van der Waals surface area contributed by atoms with E-state index in [0.717, 1.165) is 44.9 Å². The Bertz CT molecular complexity index is 1030. The molecule has 190 valence electrons. The van der Waals surface area contributed by atoms with E-state index in [9.17, 15) is 9.59 Å². The second kappa shape index (κ2) is 11.0. The van der Waals surface area contributed by atoms with Gasteiger partial charge in [0.1, 0.15) is 6.10 Å². The van der Waals surface area contributed by atoms with Crippen LogP contribution in [-0.2, 0) is 19.1 Å². The number of carbonyl (C=O) groups is 2. The van der Waals surface area contributed by atoms with Crippen molar-refractivity contribution in [3.05, 3.63) is 46.6 Å². The van der Waals surface area contributed by atoms with Crippen molar-refractivity contribution in [2.24, 2.45) is 17.3 Å². The molecular formula is C31H42O4. The highest BCUT2D eigenvalue weighted by Gasteiger charge is 2.44. The van der Waals surface area contributed by atoms with Gasteiger partial charge in [0.2, 0.25) is 0 Å². The molecular weight excluding hydrogens is 436 g/mol. The molecule has 0 spiro atoms. The van der Waals surface area contributed by atoms with Gasteiger partial charge in [-0.2, -0.15) is 0 Å². The largest absolute Gasteiger partial charge is 0.462 e. The maximum absolute atomic E-state index is 11.4. The molecule has 0 bridgehead atoms. The summed E-state index contributed by atoms with van der Waals surface area (Å²) in [6.07, 6.45) is 16.2. The Morgan fingerprint density at radius 3 is 2.66 bits per heavy atom. The third-order valence-corrected chi connectivity index (χ3v) is 7.82. The van der Waals surface area contributed by atoms with Gasteiger partial charge in [-0.1, -0.05) is 61.1 Å². The Morgan fingerprint density at radius 2 is 1.97 bits per heavy atom. The topological polar surface area (TPSA) is 52.6 Å². The van der Waals surface area contributed by atoms with Crippen LogP contribution in [0.2, 0.25) is 0 Å². The highest BCUT2D eigenvalue weighted by atomic mass is 16.6. The lowest BCUT2D eigenvalue weighted by Crippen LogP contribution is -2.31. The first-order chi connectivity index (χ1) is 16.4. The number of hydrogen-bond acceptors (Lipinski definition) is 4. The third kappa shape index (κ3) is 6.78. The summed E-state index contributed by atoms with van der Waals surface area (Å²) in [6.45, 7) is 13.5. The fourth-order valence-corrected chi connectivity index (χ4v) is 6.10. The van der Waals surface area contributed by atoms with E-state index in [2.05, 4.69) is 56.9 Å². The van der Waals surface area contributed by atoms with Crippen LogP contribution in [0, 0.1) is 29.1 Å². The highest BCUT2D eigenvalue weighted by Crippen LogP contribution is 2.55. The first-order valence-corrected chi connectivity index (χ1v) is 13.1. The molecule has 35 heavy (non-hydrogen) atoms. The summed E-state index contributed by atoms with van der Waals surface area (Å²) in [5, 5.41) is 0. The standard InChI is InChI=1S/C31H42O4/c1-21-12-15-27(34-23(3)32)20-26(21)14-13-25-11-9-19-31(7)28(16-17-29(25)31)22(2)10-8-18-30(5,6)35-24(4)33/h11,13-14,16,22,27,29H,9-10,12,15,17,19-20H2,1-7H3/b14-13+/t22-,27+,29+,31-/m1/s1.